The highest BCUT2D eigenvalue weighted by atomic mass is 19.1. The van der Waals surface area contributed by atoms with E-state index in [0.717, 1.165) is 29.6 Å². The van der Waals surface area contributed by atoms with Crippen LogP contribution in [0.2, 0.25) is 0 Å². The lowest BCUT2D eigenvalue weighted by Gasteiger charge is -2.38. The molecule has 0 spiro atoms. The largest absolute Gasteiger partial charge is 0.497 e. The van der Waals surface area contributed by atoms with E-state index in [0.29, 0.717) is 69.1 Å². The van der Waals surface area contributed by atoms with Gasteiger partial charge in [-0.05, 0) is 55.0 Å². The molecule has 44 heavy (non-hydrogen) atoms. The minimum Gasteiger partial charge on any atom is -0.497 e. The van der Waals surface area contributed by atoms with Crippen molar-refractivity contribution in [3.05, 3.63) is 70.7 Å². The summed E-state index contributed by atoms with van der Waals surface area (Å²) in [5.41, 5.74) is 0.797. The number of carboxylic acid groups (broad SMARTS) is 1. The van der Waals surface area contributed by atoms with E-state index in [1.54, 1.807) is 13.3 Å². The number of likely N-dealkylation sites (tertiary alicyclic amines) is 1. The highest BCUT2D eigenvalue weighted by molar-refractivity contribution is 5.85. The topological polar surface area (TPSA) is 95.4 Å². The molecule has 2 aliphatic rings. The molecule has 0 saturated carbocycles. The van der Waals surface area contributed by atoms with Crippen molar-refractivity contribution in [1.82, 2.24) is 14.8 Å². The summed E-state index contributed by atoms with van der Waals surface area (Å²) in [6.07, 6.45) is 2.04. The molecule has 2 N–H and O–H groups in total. The van der Waals surface area contributed by atoms with Gasteiger partial charge in [-0.25, -0.2) is 13.2 Å². The Morgan fingerprint density at radius 1 is 1.09 bits per heavy atom. The molecule has 11 heteroatoms. The smallest absolute Gasteiger partial charge is 0.309 e. The van der Waals surface area contributed by atoms with Crippen LogP contribution in [0, 0.1) is 34.7 Å². The molecular weight excluding hydrogens is 575 g/mol. The van der Waals surface area contributed by atoms with Crippen LogP contribution in [0.25, 0.3) is 10.9 Å². The summed E-state index contributed by atoms with van der Waals surface area (Å²) in [4.78, 5) is 21.4. The second-order valence-electron chi connectivity index (χ2n) is 11.4. The van der Waals surface area contributed by atoms with Crippen molar-refractivity contribution in [1.29, 1.82) is 0 Å². The molecule has 2 fully saturated rings. The van der Waals surface area contributed by atoms with Crippen LogP contribution in [-0.4, -0.2) is 84.0 Å². The van der Waals surface area contributed by atoms with Gasteiger partial charge in [-0.3, -0.25) is 19.6 Å². The number of aliphatic hydroxyl groups is 1. The molecule has 0 radical (unpaired) electrons. The van der Waals surface area contributed by atoms with Crippen LogP contribution < -0.4 is 4.74 Å². The third-order valence-electron chi connectivity index (χ3n) is 8.72. The molecule has 0 unspecified atom stereocenters. The van der Waals surface area contributed by atoms with Gasteiger partial charge in [0.1, 0.15) is 23.2 Å². The number of hydrogen-bond acceptors (Lipinski definition) is 7. The first kappa shape index (κ1) is 31.7. The number of rotatable bonds is 9. The van der Waals surface area contributed by atoms with E-state index >= 15 is 0 Å². The van der Waals surface area contributed by atoms with Gasteiger partial charge in [-0.2, -0.15) is 0 Å². The number of benzene rings is 2. The van der Waals surface area contributed by atoms with Gasteiger partial charge in [-0.1, -0.05) is 11.8 Å². The van der Waals surface area contributed by atoms with E-state index in [2.05, 4.69) is 21.7 Å². The van der Waals surface area contributed by atoms with E-state index < -0.39 is 40.5 Å². The number of halogens is 3. The molecular formula is C33H36F3N3O5. The summed E-state index contributed by atoms with van der Waals surface area (Å²) in [6.45, 7) is 4.41. The van der Waals surface area contributed by atoms with Crippen LogP contribution in [-0.2, 0) is 16.1 Å². The van der Waals surface area contributed by atoms with Crippen LogP contribution in [0.3, 0.4) is 0 Å². The van der Waals surface area contributed by atoms with Crippen molar-refractivity contribution < 1.29 is 37.7 Å². The fraction of sp³-hybridized carbons (Fsp3) is 0.455. The monoisotopic (exact) mass is 611 g/mol. The Hall–Kier alpha value is -3.69. The van der Waals surface area contributed by atoms with Gasteiger partial charge >= 0.3 is 5.97 Å². The van der Waals surface area contributed by atoms with Gasteiger partial charge in [0.25, 0.3) is 0 Å². The molecule has 3 heterocycles. The number of fused-ring (bicyclic) bond motifs is 1. The normalized spacial score (nSPS) is 18.0. The van der Waals surface area contributed by atoms with E-state index in [1.807, 2.05) is 23.1 Å². The number of aliphatic hydroxyl groups excluding tert-OH is 1. The lowest BCUT2D eigenvalue weighted by Crippen LogP contribution is -2.44. The molecule has 2 aromatic carbocycles. The number of aliphatic carboxylic acids is 1. The summed E-state index contributed by atoms with van der Waals surface area (Å²) in [5, 5.41) is 22.7. The third kappa shape index (κ3) is 7.16. The van der Waals surface area contributed by atoms with Gasteiger partial charge in [0.05, 0.1) is 49.5 Å². The lowest BCUT2D eigenvalue weighted by atomic mass is 9.73. The lowest BCUT2D eigenvalue weighted by molar-refractivity contribution is -0.153. The molecule has 234 valence electrons. The number of pyridine rings is 1. The fourth-order valence-electron chi connectivity index (χ4n) is 6.05. The van der Waals surface area contributed by atoms with E-state index in [1.165, 1.54) is 0 Å². The molecule has 2 saturated heterocycles. The molecule has 5 rings (SSSR count). The standard InChI is InChI=1S/C33H36F3N3O5/c1-43-24-4-5-29-26(19-24)31(22(20-37-29)21-39-13-15-44-16-14-39)30(40)6-7-33(32(41)42)8-11-38(12-9-33)10-2-3-25-27(35)17-23(34)18-28(25)36/h4-5,17-20,30,40H,6-16,21H2,1H3,(H,41,42)/t30-/m1/s1. The van der Waals surface area contributed by atoms with Gasteiger partial charge in [0, 0.05) is 56.4 Å². The molecule has 1 aromatic heterocycles. The van der Waals surface area contributed by atoms with E-state index in [9.17, 15) is 28.2 Å². The van der Waals surface area contributed by atoms with Crippen LogP contribution in [0.15, 0.2) is 36.5 Å². The predicted octanol–water partition coefficient (Wildman–Crippen LogP) is 4.53. The molecule has 2 aliphatic heterocycles. The van der Waals surface area contributed by atoms with Crippen molar-refractivity contribution in [2.24, 2.45) is 5.41 Å². The quantitative estimate of drug-likeness (QED) is 0.341. The number of nitrogens with zero attached hydrogens (tertiary/aromatic N) is 3. The van der Waals surface area contributed by atoms with Crippen LogP contribution in [0.1, 0.15) is 48.5 Å². The first-order chi connectivity index (χ1) is 21.2. The minimum atomic E-state index is -1.06. The first-order valence-electron chi connectivity index (χ1n) is 14.7. The number of ether oxygens (including phenoxy) is 2. The van der Waals surface area contributed by atoms with Crippen molar-refractivity contribution in [3.63, 3.8) is 0 Å². The second kappa shape index (κ2) is 13.9. The van der Waals surface area contributed by atoms with E-state index in [-0.39, 0.29) is 19.4 Å². The molecule has 8 nitrogen and oxygen atoms in total. The number of carboxylic acids is 1. The molecule has 0 aliphatic carbocycles. The zero-order valence-corrected chi connectivity index (χ0v) is 24.6. The number of morpholine rings is 1. The highest BCUT2D eigenvalue weighted by Gasteiger charge is 2.41. The van der Waals surface area contributed by atoms with Gasteiger partial charge in [-0.15, -0.1) is 0 Å². The molecule has 0 amide bonds. The number of carbonyl (C=O) groups is 1. The van der Waals surface area contributed by atoms with Crippen molar-refractivity contribution in [2.45, 2.75) is 38.3 Å². The SMILES string of the molecule is COc1ccc2ncc(CN3CCOCC3)c([C@H](O)CCC3(C(=O)O)CCN(CC#Cc4c(F)cc(F)cc4F)CC3)c2c1. The zero-order valence-electron chi connectivity index (χ0n) is 24.6. The average molecular weight is 612 g/mol. The van der Waals surface area contributed by atoms with Crippen molar-refractivity contribution in [3.8, 4) is 17.6 Å². The maximum atomic E-state index is 13.9. The summed E-state index contributed by atoms with van der Waals surface area (Å²) in [7, 11) is 1.58. The third-order valence-corrected chi connectivity index (χ3v) is 8.72. The number of piperidine rings is 1. The Morgan fingerprint density at radius 2 is 1.80 bits per heavy atom. The predicted molar refractivity (Wildman–Crippen MR) is 158 cm³/mol. The molecule has 3 aromatic rings. The first-order valence-corrected chi connectivity index (χ1v) is 14.7. The highest BCUT2D eigenvalue weighted by Crippen LogP contribution is 2.40. The van der Waals surface area contributed by atoms with Gasteiger partial charge < -0.3 is 19.7 Å². The maximum absolute atomic E-state index is 13.9. The number of hydrogen-bond donors (Lipinski definition) is 2. The van der Waals surface area contributed by atoms with Crippen molar-refractivity contribution >= 4 is 16.9 Å². The summed E-state index contributed by atoms with van der Waals surface area (Å²) in [5.74, 6) is 1.74. The second-order valence-corrected chi connectivity index (χ2v) is 11.4. The Bertz CT molecular complexity index is 1540. The average Bonchev–Trinajstić information content (AvgIpc) is 3.01. The molecule has 0 bridgehead atoms. The maximum Gasteiger partial charge on any atom is 0.309 e. The minimum absolute atomic E-state index is 0.185. The molecule has 1 atom stereocenters. The van der Waals surface area contributed by atoms with Gasteiger partial charge in [0.2, 0.25) is 0 Å². The zero-order chi connectivity index (χ0) is 31.3. The Labute approximate surface area is 254 Å². The van der Waals surface area contributed by atoms with Crippen LogP contribution >= 0.6 is 0 Å². The number of aromatic nitrogens is 1. The fourth-order valence-corrected chi connectivity index (χ4v) is 6.05. The Kier molecular flexibility index (Phi) is 10.1. The Balaban J connectivity index is 1.29. The Morgan fingerprint density at radius 3 is 2.45 bits per heavy atom. The summed E-state index contributed by atoms with van der Waals surface area (Å²) >= 11 is 0. The summed E-state index contributed by atoms with van der Waals surface area (Å²) < 4.78 is 51.9. The summed E-state index contributed by atoms with van der Waals surface area (Å²) in [6, 6.07) is 6.69. The number of methoxy groups -OCH3 is 1. The van der Waals surface area contributed by atoms with Crippen LogP contribution in [0.4, 0.5) is 13.2 Å². The van der Waals surface area contributed by atoms with E-state index in [4.69, 9.17) is 9.47 Å². The van der Waals surface area contributed by atoms with Crippen LogP contribution in [0.5, 0.6) is 5.75 Å². The van der Waals surface area contributed by atoms with Gasteiger partial charge in [0.15, 0.2) is 0 Å². The van der Waals surface area contributed by atoms with Crippen molar-refractivity contribution in [2.75, 3.05) is 53.0 Å².